The molecular formula is C23H28ClN3O4S. The molecule has 2 aromatic rings. The molecule has 0 radical (unpaired) electrons. The number of hydrogen-bond donors (Lipinski definition) is 2. The van der Waals surface area contributed by atoms with E-state index in [1.54, 1.807) is 0 Å². The number of carbonyl (C=O) groups excluding carboxylic acids is 1. The van der Waals surface area contributed by atoms with E-state index in [1.165, 1.54) is 29.3 Å². The monoisotopic (exact) mass is 477 g/mol. The second-order valence-electron chi connectivity index (χ2n) is 8.18. The lowest BCUT2D eigenvalue weighted by molar-refractivity contribution is 0.0947. The maximum Gasteiger partial charge on any atom is 0.251 e. The lowest BCUT2D eigenvalue weighted by atomic mass is 10.00. The van der Waals surface area contributed by atoms with E-state index >= 15 is 0 Å². The van der Waals surface area contributed by atoms with Crippen LogP contribution in [-0.2, 0) is 27.7 Å². The molecule has 1 amide bonds. The fourth-order valence-electron chi connectivity index (χ4n) is 4.11. The van der Waals surface area contributed by atoms with E-state index < -0.39 is 10.0 Å². The molecule has 0 aliphatic carbocycles. The molecule has 0 aromatic heterocycles. The summed E-state index contributed by atoms with van der Waals surface area (Å²) in [5, 5.41) is 2.96. The van der Waals surface area contributed by atoms with Crippen LogP contribution in [-0.4, -0.2) is 58.1 Å². The van der Waals surface area contributed by atoms with E-state index in [-0.39, 0.29) is 34.0 Å². The third-order valence-corrected chi connectivity index (χ3v) is 7.84. The highest BCUT2D eigenvalue weighted by molar-refractivity contribution is 7.89. The summed E-state index contributed by atoms with van der Waals surface area (Å²) in [7, 11) is -3.85. The maximum absolute atomic E-state index is 12.7. The molecule has 0 bridgehead atoms. The molecule has 9 heteroatoms. The molecule has 7 nitrogen and oxygen atoms in total. The molecular weight excluding hydrogens is 450 g/mol. The van der Waals surface area contributed by atoms with Crippen LogP contribution in [0.5, 0.6) is 0 Å². The van der Waals surface area contributed by atoms with Gasteiger partial charge < -0.3 is 10.1 Å². The highest BCUT2D eigenvalue weighted by Crippen LogP contribution is 2.23. The Morgan fingerprint density at radius 2 is 2.00 bits per heavy atom. The van der Waals surface area contributed by atoms with Gasteiger partial charge in [0.2, 0.25) is 10.0 Å². The summed E-state index contributed by atoms with van der Waals surface area (Å²) in [4.78, 5) is 14.8. The topological polar surface area (TPSA) is 87.7 Å². The number of carbonyl (C=O) groups is 1. The highest BCUT2D eigenvalue weighted by Gasteiger charge is 2.23. The van der Waals surface area contributed by atoms with Gasteiger partial charge in [0.1, 0.15) is 4.90 Å². The van der Waals surface area contributed by atoms with Crippen molar-refractivity contribution in [1.82, 2.24) is 14.9 Å². The average molecular weight is 478 g/mol. The number of nitrogens with one attached hydrogen (secondary N) is 2. The largest absolute Gasteiger partial charge is 0.377 e. The van der Waals surface area contributed by atoms with Crippen molar-refractivity contribution in [2.75, 3.05) is 32.8 Å². The van der Waals surface area contributed by atoms with Gasteiger partial charge >= 0.3 is 0 Å². The summed E-state index contributed by atoms with van der Waals surface area (Å²) in [6, 6.07) is 12.7. The minimum Gasteiger partial charge on any atom is -0.377 e. The van der Waals surface area contributed by atoms with Gasteiger partial charge in [-0.25, -0.2) is 13.1 Å². The van der Waals surface area contributed by atoms with E-state index in [0.717, 1.165) is 38.9 Å². The van der Waals surface area contributed by atoms with Crippen LogP contribution >= 0.6 is 11.6 Å². The summed E-state index contributed by atoms with van der Waals surface area (Å²) in [6.07, 6.45) is 2.62. The first-order valence-electron chi connectivity index (χ1n) is 10.9. The minimum absolute atomic E-state index is 0.0772. The average Bonchev–Trinajstić information content (AvgIpc) is 3.32. The number of fused-ring (bicyclic) bond motifs is 1. The number of rotatable bonds is 8. The van der Waals surface area contributed by atoms with Gasteiger partial charge in [0.05, 0.1) is 11.1 Å². The Morgan fingerprint density at radius 1 is 1.19 bits per heavy atom. The van der Waals surface area contributed by atoms with Gasteiger partial charge in [-0.2, -0.15) is 0 Å². The van der Waals surface area contributed by atoms with E-state index in [0.29, 0.717) is 13.2 Å². The first-order chi connectivity index (χ1) is 15.4. The molecule has 172 valence electrons. The number of amides is 1. The van der Waals surface area contributed by atoms with Crippen LogP contribution in [0.2, 0.25) is 5.02 Å². The van der Waals surface area contributed by atoms with E-state index in [9.17, 15) is 13.2 Å². The van der Waals surface area contributed by atoms with Gasteiger partial charge in [-0.15, -0.1) is 0 Å². The van der Waals surface area contributed by atoms with Crippen molar-refractivity contribution in [3.63, 3.8) is 0 Å². The SMILES string of the molecule is O=C(NCCN1CCc2ccccc2C1)c1ccc(Cl)c(S(=O)(=O)NCC2CCCO2)c1. The Morgan fingerprint density at radius 3 is 2.78 bits per heavy atom. The number of benzene rings is 2. The molecule has 0 spiro atoms. The lowest BCUT2D eigenvalue weighted by Gasteiger charge is -2.28. The van der Waals surface area contributed by atoms with Gasteiger partial charge in [-0.1, -0.05) is 35.9 Å². The molecule has 1 fully saturated rings. The van der Waals surface area contributed by atoms with Gasteiger partial charge in [-0.3, -0.25) is 9.69 Å². The summed E-state index contributed by atoms with van der Waals surface area (Å²) in [5.41, 5.74) is 2.97. The molecule has 4 rings (SSSR count). The van der Waals surface area contributed by atoms with Crippen LogP contribution in [0.25, 0.3) is 0 Å². The van der Waals surface area contributed by atoms with Crippen molar-refractivity contribution in [3.05, 3.63) is 64.2 Å². The zero-order valence-corrected chi connectivity index (χ0v) is 19.4. The van der Waals surface area contributed by atoms with E-state index in [4.69, 9.17) is 16.3 Å². The molecule has 1 atom stereocenters. The van der Waals surface area contributed by atoms with Gasteiger partial charge in [0.25, 0.3) is 5.91 Å². The summed E-state index contributed by atoms with van der Waals surface area (Å²) >= 11 is 6.14. The van der Waals surface area contributed by atoms with Gasteiger partial charge in [0, 0.05) is 44.9 Å². The standard InChI is InChI=1S/C23H28ClN3O4S/c24-21-8-7-18(14-22(21)32(29,30)26-15-20-6-3-13-31-20)23(28)25-10-12-27-11-9-17-4-1-2-5-19(17)16-27/h1-2,4-5,7-8,14,20,26H,3,6,9-13,15-16H2,(H,25,28). The Hall–Kier alpha value is -1.97. The van der Waals surface area contributed by atoms with Crippen LogP contribution < -0.4 is 10.0 Å². The Labute approximate surface area is 194 Å². The Balaban J connectivity index is 1.33. The highest BCUT2D eigenvalue weighted by atomic mass is 35.5. The predicted octanol–water partition coefficient (Wildman–Crippen LogP) is 2.59. The van der Waals surface area contributed by atoms with Crippen LogP contribution in [0.15, 0.2) is 47.4 Å². The van der Waals surface area contributed by atoms with Crippen LogP contribution in [0.1, 0.15) is 34.3 Å². The second-order valence-corrected chi connectivity index (χ2v) is 10.3. The quantitative estimate of drug-likeness (QED) is 0.610. The summed E-state index contributed by atoms with van der Waals surface area (Å²) in [6.45, 7) is 3.85. The molecule has 32 heavy (non-hydrogen) atoms. The minimum atomic E-state index is -3.85. The number of halogens is 1. The molecule has 2 aliphatic rings. The predicted molar refractivity (Wildman–Crippen MR) is 123 cm³/mol. The molecule has 2 N–H and O–H groups in total. The Kier molecular flexibility index (Phi) is 7.48. The van der Waals surface area contributed by atoms with Crippen molar-refractivity contribution < 1.29 is 17.9 Å². The van der Waals surface area contributed by atoms with Crippen molar-refractivity contribution in [2.24, 2.45) is 0 Å². The van der Waals surface area contributed by atoms with Crippen molar-refractivity contribution in [3.8, 4) is 0 Å². The lowest BCUT2D eigenvalue weighted by Crippen LogP contribution is -2.38. The maximum atomic E-state index is 12.7. The first kappa shape index (κ1) is 23.2. The van der Waals surface area contributed by atoms with Crippen LogP contribution in [0.3, 0.4) is 0 Å². The van der Waals surface area contributed by atoms with Crippen LogP contribution in [0, 0.1) is 0 Å². The number of ether oxygens (including phenoxy) is 1. The molecule has 0 saturated carbocycles. The summed E-state index contributed by atoms with van der Waals surface area (Å²) in [5.74, 6) is -0.324. The molecule has 1 unspecified atom stereocenters. The van der Waals surface area contributed by atoms with Gasteiger partial charge in [-0.05, 0) is 48.6 Å². The molecule has 1 saturated heterocycles. The van der Waals surface area contributed by atoms with Gasteiger partial charge in [0.15, 0.2) is 0 Å². The fourth-order valence-corrected chi connectivity index (χ4v) is 5.70. The first-order valence-corrected chi connectivity index (χ1v) is 12.8. The molecule has 2 heterocycles. The second kappa shape index (κ2) is 10.3. The summed E-state index contributed by atoms with van der Waals surface area (Å²) < 4.78 is 33.4. The number of nitrogens with zero attached hydrogens (tertiary/aromatic N) is 1. The fraction of sp³-hybridized carbons (Fsp3) is 0.435. The smallest absolute Gasteiger partial charge is 0.251 e. The van der Waals surface area contributed by atoms with Crippen molar-refractivity contribution >= 4 is 27.5 Å². The van der Waals surface area contributed by atoms with Crippen molar-refractivity contribution in [2.45, 2.75) is 36.8 Å². The van der Waals surface area contributed by atoms with Crippen molar-refractivity contribution in [1.29, 1.82) is 0 Å². The third-order valence-electron chi connectivity index (χ3n) is 5.93. The normalized spacial score (nSPS) is 19.0. The number of sulfonamides is 1. The Bertz CT molecular complexity index is 1070. The zero-order valence-electron chi connectivity index (χ0n) is 17.8. The molecule has 2 aromatic carbocycles. The van der Waals surface area contributed by atoms with Crippen LogP contribution in [0.4, 0.5) is 0 Å². The van der Waals surface area contributed by atoms with E-state index in [1.807, 2.05) is 6.07 Å². The zero-order chi connectivity index (χ0) is 22.6. The molecule has 2 aliphatic heterocycles. The third kappa shape index (κ3) is 5.68. The number of hydrogen-bond acceptors (Lipinski definition) is 5. The van der Waals surface area contributed by atoms with E-state index in [2.05, 4.69) is 33.1 Å².